The zero-order valence-electron chi connectivity index (χ0n) is 17.7. The Morgan fingerprint density at radius 1 is 1.07 bits per heavy atom. The van der Waals surface area contributed by atoms with E-state index in [1.54, 1.807) is 11.3 Å². The van der Waals surface area contributed by atoms with E-state index in [9.17, 15) is 9.59 Å². The molecule has 2 amide bonds. The van der Waals surface area contributed by atoms with Crippen molar-refractivity contribution in [1.29, 1.82) is 0 Å². The third kappa shape index (κ3) is 6.65. The monoisotopic (exact) mass is 428 g/mol. The number of piperazine rings is 1. The van der Waals surface area contributed by atoms with Crippen LogP contribution in [0.5, 0.6) is 0 Å². The van der Waals surface area contributed by atoms with Crippen molar-refractivity contribution in [3.05, 3.63) is 58.3 Å². The van der Waals surface area contributed by atoms with Crippen LogP contribution in [0.4, 0.5) is 0 Å². The molecule has 0 aliphatic carbocycles. The molecule has 1 fully saturated rings. The first-order chi connectivity index (χ1) is 14.7. The van der Waals surface area contributed by atoms with Crippen LogP contribution >= 0.6 is 11.3 Å². The first-order valence-corrected chi connectivity index (χ1v) is 11.6. The van der Waals surface area contributed by atoms with Crippen LogP contribution in [0.15, 0.2) is 47.8 Å². The summed E-state index contributed by atoms with van der Waals surface area (Å²) in [5, 5.41) is 8.47. The summed E-state index contributed by atoms with van der Waals surface area (Å²) in [4.78, 5) is 30.0. The molecule has 1 aromatic carbocycles. The SMILES string of the molecule is CCCCNC(=O)CN1CCN(C(=O)CN[C@H](c2ccccc2)c2cccs2)CC1. The molecule has 7 heteroatoms. The largest absolute Gasteiger partial charge is 0.355 e. The van der Waals surface area contributed by atoms with Gasteiger partial charge in [-0.05, 0) is 23.4 Å². The molecule has 2 heterocycles. The Morgan fingerprint density at radius 3 is 2.50 bits per heavy atom. The molecule has 0 radical (unpaired) electrons. The van der Waals surface area contributed by atoms with Crippen molar-refractivity contribution in [1.82, 2.24) is 20.4 Å². The topological polar surface area (TPSA) is 64.7 Å². The summed E-state index contributed by atoms with van der Waals surface area (Å²) in [6, 6.07) is 14.4. The average Bonchev–Trinajstić information content (AvgIpc) is 3.30. The van der Waals surface area contributed by atoms with Crippen LogP contribution in [-0.2, 0) is 9.59 Å². The number of hydrogen-bond acceptors (Lipinski definition) is 5. The summed E-state index contributed by atoms with van der Waals surface area (Å²) < 4.78 is 0. The van der Waals surface area contributed by atoms with E-state index < -0.39 is 0 Å². The number of thiophene rings is 1. The molecular weight excluding hydrogens is 396 g/mol. The molecule has 3 rings (SSSR count). The summed E-state index contributed by atoms with van der Waals surface area (Å²) >= 11 is 1.69. The van der Waals surface area contributed by atoms with E-state index in [2.05, 4.69) is 46.0 Å². The van der Waals surface area contributed by atoms with Gasteiger partial charge in [0.25, 0.3) is 0 Å². The van der Waals surface area contributed by atoms with Crippen LogP contribution in [0.3, 0.4) is 0 Å². The molecule has 30 heavy (non-hydrogen) atoms. The van der Waals surface area contributed by atoms with E-state index in [0.29, 0.717) is 26.2 Å². The third-order valence-corrected chi connectivity index (χ3v) is 6.30. The number of unbranched alkanes of at least 4 members (excludes halogenated alkanes) is 1. The van der Waals surface area contributed by atoms with Crippen molar-refractivity contribution in [2.75, 3.05) is 45.8 Å². The fraction of sp³-hybridized carbons (Fsp3) is 0.478. The van der Waals surface area contributed by atoms with Gasteiger partial charge in [0, 0.05) is 37.6 Å². The Bertz CT molecular complexity index is 774. The maximum absolute atomic E-state index is 12.8. The van der Waals surface area contributed by atoms with Gasteiger partial charge in [0.15, 0.2) is 0 Å². The highest BCUT2D eigenvalue weighted by molar-refractivity contribution is 7.10. The standard InChI is InChI=1S/C23H32N4O2S/c1-2-3-11-24-21(28)18-26-12-14-27(15-13-26)22(29)17-25-23(20-10-7-16-30-20)19-8-5-4-6-9-19/h4-10,16,23,25H,2-3,11-15,17-18H2,1H3,(H,24,28)/t23-/m1/s1. The van der Waals surface area contributed by atoms with Crippen LogP contribution in [0.2, 0.25) is 0 Å². The molecule has 6 nitrogen and oxygen atoms in total. The first-order valence-electron chi connectivity index (χ1n) is 10.8. The van der Waals surface area contributed by atoms with Gasteiger partial charge in [0.2, 0.25) is 11.8 Å². The normalized spacial score (nSPS) is 15.7. The molecular formula is C23H32N4O2S. The van der Waals surface area contributed by atoms with Crippen molar-refractivity contribution < 1.29 is 9.59 Å². The molecule has 2 N–H and O–H groups in total. The number of hydrogen-bond donors (Lipinski definition) is 2. The Balaban J connectivity index is 1.45. The number of carbonyl (C=O) groups is 2. The number of nitrogens with one attached hydrogen (secondary N) is 2. The zero-order chi connectivity index (χ0) is 21.2. The van der Waals surface area contributed by atoms with Crippen LogP contribution in [0, 0.1) is 0 Å². The predicted molar refractivity (Wildman–Crippen MR) is 122 cm³/mol. The second kappa shape index (κ2) is 11.8. The van der Waals surface area contributed by atoms with Gasteiger partial charge in [-0.2, -0.15) is 0 Å². The van der Waals surface area contributed by atoms with E-state index in [0.717, 1.165) is 38.0 Å². The molecule has 1 aliphatic heterocycles. The van der Waals surface area contributed by atoms with Crippen molar-refractivity contribution in [3.63, 3.8) is 0 Å². The number of amides is 2. The summed E-state index contributed by atoms with van der Waals surface area (Å²) in [5.41, 5.74) is 1.16. The lowest BCUT2D eigenvalue weighted by Crippen LogP contribution is -2.52. The van der Waals surface area contributed by atoms with E-state index in [-0.39, 0.29) is 17.9 Å². The fourth-order valence-electron chi connectivity index (χ4n) is 3.60. The van der Waals surface area contributed by atoms with Crippen molar-refractivity contribution in [3.8, 4) is 0 Å². The molecule has 2 aromatic rings. The summed E-state index contributed by atoms with van der Waals surface area (Å²) in [6.07, 6.45) is 2.09. The number of carbonyl (C=O) groups excluding carboxylic acids is 2. The van der Waals surface area contributed by atoms with E-state index >= 15 is 0 Å². The van der Waals surface area contributed by atoms with Gasteiger partial charge >= 0.3 is 0 Å². The lowest BCUT2D eigenvalue weighted by Gasteiger charge is -2.34. The second-order valence-corrected chi connectivity index (χ2v) is 8.58. The smallest absolute Gasteiger partial charge is 0.236 e. The fourth-order valence-corrected chi connectivity index (χ4v) is 4.43. The van der Waals surface area contributed by atoms with Crippen LogP contribution in [0.25, 0.3) is 0 Å². The van der Waals surface area contributed by atoms with E-state index in [4.69, 9.17) is 0 Å². The molecule has 0 spiro atoms. The average molecular weight is 429 g/mol. The number of benzene rings is 1. The maximum atomic E-state index is 12.8. The van der Waals surface area contributed by atoms with Gasteiger partial charge < -0.3 is 10.2 Å². The van der Waals surface area contributed by atoms with Crippen LogP contribution in [0.1, 0.15) is 36.2 Å². The lowest BCUT2D eigenvalue weighted by atomic mass is 10.1. The molecule has 0 bridgehead atoms. The van der Waals surface area contributed by atoms with Crippen LogP contribution in [-0.4, -0.2) is 67.4 Å². The minimum Gasteiger partial charge on any atom is -0.355 e. The van der Waals surface area contributed by atoms with Gasteiger partial charge in [-0.3, -0.25) is 19.8 Å². The quantitative estimate of drug-likeness (QED) is 0.571. The minimum absolute atomic E-state index is 0.0169. The Morgan fingerprint density at radius 2 is 1.83 bits per heavy atom. The van der Waals surface area contributed by atoms with E-state index in [1.165, 1.54) is 4.88 Å². The van der Waals surface area contributed by atoms with E-state index in [1.807, 2.05) is 29.2 Å². The molecule has 162 valence electrons. The first kappa shape index (κ1) is 22.5. The highest BCUT2D eigenvalue weighted by Crippen LogP contribution is 2.25. The molecule has 0 saturated carbocycles. The lowest BCUT2D eigenvalue weighted by molar-refractivity contribution is -0.132. The van der Waals surface area contributed by atoms with Crippen molar-refractivity contribution in [2.24, 2.45) is 0 Å². The summed E-state index contributed by atoms with van der Waals surface area (Å²) in [6.45, 7) is 6.37. The maximum Gasteiger partial charge on any atom is 0.236 e. The highest BCUT2D eigenvalue weighted by atomic mass is 32.1. The van der Waals surface area contributed by atoms with Crippen LogP contribution < -0.4 is 10.6 Å². The number of rotatable bonds is 10. The molecule has 0 unspecified atom stereocenters. The number of nitrogens with zero attached hydrogens (tertiary/aromatic N) is 2. The van der Waals surface area contributed by atoms with Gasteiger partial charge in [-0.1, -0.05) is 49.7 Å². The Kier molecular flexibility index (Phi) is 8.86. The zero-order valence-corrected chi connectivity index (χ0v) is 18.5. The molecule has 1 atom stereocenters. The predicted octanol–water partition coefficient (Wildman–Crippen LogP) is 2.49. The molecule has 1 saturated heterocycles. The Labute approximate surface area is 183 Å². The summed E-state index contributed by atoms with van der Waals surface area (Å²) in [5.74, 6) is 0.186. The van der Waals surface area contributed by atoms with Gasteiger partial charge in [0.1, 0.15) is 0 Å². The highest BCUT2D eigenvalue weighted by Gasteiger charge is 2.23. The van der Waals surface area contributed by atoms with Crippen molar-refractivity contribution >= 4 is 23.2 Å². The Hall–Kier alpha value is -2.22. The second-order valence-electron chi connectivity index (χ2n) is 7.60. The van der Waals surface area contributed by atoms with Gasteiger partial charge in [0.05, 0.1) is 19.1 Å². The van der Waals surface area contributed by atoms with Gasteiger partial charge in [-0.25, -0.2) is 0 Å². The third-order valence-electron chi connectivity index (χ3n) is 5.36. The summed E-state index contributed by atoms with van der Waals surface area (Å²) in [7, 11) is 0. The minimum atomic E-state index is 0.0169. The molecule has 1 aromatic heterocycles. The molecule has 1 aliphatic rings. The van der Waals surface area contributed by atoms with Crippen molar-refractivity contribution in [2.45, 2.75) is 25.8 Å². The van der Waals surface area contributed by atoms with Gasteiger partial charge in [-0.15, -0.1) is 11.3 Å².